The second-order valence-corrected chi connectivity index (χ2v) is 7.69. The number of aliphatic imine (C=N–C) groups is 2. The molecule has 0 aromatic heterocycles. The average molecular weight is 386 g/mol. The summed E-state index contributed by atoms with van der Waals surface area (Å²) in [5.74, 6) is 0. The van der Waals surface area contributed by atoms with Gasteiger partial charge in [0, 0.05) is 22.3 Å². The second-order valence-electron chi connectivity index (χ2n) is 7.69. The zero-order valence-corrected chi connectivity index (χ0v) is 17.1. The lowest BCUT2D eigenvalue weighted by Crippen LogP contribution is -2.14. The first-order valence-electron chi connectivity index (χ1n) is 10.2. The van der Waals surface area contributed by atoms with Crippen molar-refractivity contribution in [2.24, 2.45) is 9.98 Å². The summed E-state index contributed by atoms with van der Waals surface area (Å²) >= 11 is 0. The van der Waals surface area contributed by atoms with Crippen molar-refractivity contribution < 1.29 is 0 Å². The van der Waals surface area contributed by atoms with Crippen LogP contribution < -0.4 is 0 Å². The van der Waals surface area contributed by atoms with Gasteiger partial charge in [-0.2, -0.15) is 0 Å². The summed E-state index contributed by atoms with van der Waals surface area (Å²) in [5, 5.41) is 0. The first-order valence-corrected chi connectivity index (χ1v) is 10.2. The van der Waals surface area contributed by atoms with Gasteiger partial charge in [0.25, 0.3) is 0 Å². The van der Waals surface area contributed by atoms with E-state index in [1.807, 2.05) is 24.3 Å². The maximum atomic E-state index is 5.09. The lowest BCUT2D eigenvalue weighted by atomic mass is 9.91. The highest BCUT2D eigenvalue weighted by Gasteiger charge is 2.20. The van der Waals surface area contributed by atoms with Crippen LogP contribution in [0.25, 0.3) is 0 Å². The summed E-state index contributed by atoms with van der Waals surface area (Å²) < 4.78 is 0. The van der Waals surface area contributed by atoms with Crippen molar-refractivity contribution in [1.29, 1.82) is 0 Å². The summed E-state index contributed by atoms with van der Waals surface area (Å²) in [6.45, 7) is 4.21. The molecule has 0 N–H and O–H groups in total. The molecular formula is C28H22N2. The molecule has 0 bridgehead atoms. The van der Waals surface area contributed by atoms with Crippen molar-refractivity contribution in [2.75, 3.05) is 0 Å². The van der Waals surface area contributed by atoms with Crippen molar-refractivity contribution in [1.82, 2.24) is 0 Å². The predicted octanol–water partition coefficient (Wildman–Crippen LogP) is 6.96. The molecule has 0 atom stereocenters. The Kier molecular flexibility index (Phi) is 4.61. The van der Waals surface area contributed by atoms with Gasteiger partial charge in [-0.05, 0) is 26.0 Å². The Labute approximate surface area is 177 Å². The standard InChI is InChI=1S/C28H22N2/c1-19-11-15-21(16-12-19)27-23-7-3-4-8-24(23)28(22-17-13-20(2)14-18-22)30-26-10-6-5-9-25(26)29-27/h3-18H,1-2H3/b27-23?,28-24?,29-25?,29-27-,30-26?,30-28-. The van der Waals surface area contributed by atoms with Crippen LogP contribution >= 0.6 is 0 Å². The van der Waals surface area contributed by atoms with E-state index in [4.69, 9.17) is 9.98 Å². The molecule has 30 heavy (non-hydrogen) atoms. The molecule has 5 rings (SSSR count). The van der Waals surface area contributed by atoms with Gasteiger partial charge in [-0.15, -0.1) is 0 Å². The summed E-state index contributed by atoms with van der Waals surface area (Å²) in [5.41, 5.74) is 10.6. The minimum atomic E-state index is 0.882. The molecule has 0 saturated carbocycles. The van der Waals surface area contributed by atoms with Crippen LogP contribution in [0.4, 0.5) is 11.4 Å². The van der Waals surface area contributed by atoms with Crippen molar-refractivity contribution in [2.45, 2.75) is 13.8 Å². The lowest BCUT2D eigenvalue weighted by molar-refractivity contribution is 1.38. The minimum absolute atomic E-state index is 0.882. The van der Waals surface area contributed by atoms with Crippen LogP contribution in [-0.4, -0.2) is 11.4 Å². The number of fused-ring (bicyclic) bond motifs is 2. The van der Waals surface area contributed by atoms with Gasteiger partial charge in [0.05, 0.1) is 22.8 Å². The Hall–Kier alpha value is -3.78. The Balaban J connectivity index is 1.82. The van der Waals surface area contributed by atoms with Crippen LogP contribution in [0.3, 0.4) is 0 Å². The third-order valence-electron chi connectivity index (χ3n) is 5.43. The molecule has 2 heteroatoms. The van der Waals surface area contributed by atoms with Crippen LogP contribution in [-0.2, 0) is 0 Å². The monoisotopic (exact) mass is 386 g/mol. The maximum Gasteiger partial charge on any atom is 0.0894 e. The van der Waals surface area contributed by atoms with E-state index in [2.05, 4.69) is 86.6 Å². The molecule has 4 aromatic carbocycles. The summed E-state index contributed by atoms with van der Waals surface area (Å²) in [4.78, 5) is 10.2. The third-order valence-corrected chi connectivity index (χ3v) is 5.43. The van der Waals surface area contributed by atoms with E-state index in [0.29, 0.717) is 0 Å². The van der Waals surface area contributed by atoms with Crippen molar-refractivity contribution in [3.63, 3.8) is 0 Å². The van der Waals surface area contributed by atoms with Crippen LogP contribution in [0.5, 0.6) is 0 Å². The maximum absolute atomic E-state index is 5.09. The molecule has 0 radical (unpaired) electrons. The quantitative estimate of drug-likeness (QED) is 0.313. The van der Waals surface area contributed by atoms with Gasteiger partial charge in [-0.25, -0.2) is 9.98 Å². The largest absolute Gasteiger partial charge is 0.245 e. The summed E-state index contributed by atoms with van der Waals surface area (Å²) in [6, 6.07) is 33.7. The number of para-hydroxylation sites is 2. The van der Waals surface area contributed by atoms with Gasteiger partial charge in [0.15, 0.2) is 0 Å². The van der Waals surface area contributed by atoms with Crippen LogP contribution in [0.15, 0.2) is 107 Å². The first kappa shape index (κ1) is 18.3. The van der Waals surface area contributed by atoms with Crippen LogP contribution in [0, 0.1) is 13.8 Å². The van der Waals surface area contributed by atoms with E-state index < -0.39 is 0 Å². The van der Waals surface area contributed by atoms with Gasteiger partial charge in [-0.1, -0.05) is 96.1 Å². The molecule has 1 heterocycles. The number of benzene rings is 4. The number of nitrogens with zero attached hydrogens (tertiary/aromatic N) is 2. The second kappa shape index (κ2) is 7.57. The van der Waals surface area contributed by atoms with E-state index in [9.17, 15) is 0 Å². The molecule has 0 saturated heterocycles. The molecule has 144 valence electrons. The zero-order chi connectivity index (χ0) is 20.5. The van der Waals surface area contributed by atoms with Crippen LogP contribution in [0.2, 0.25) is 0 Å². The number of hydrogen-bond donors (Lipinski definition) is 0. The fourth-order valence-corrected chi connectivity index (χ4v) is 3.77. The number of hydrogen-bond acceptors (Lipinski definition) is 2. The molecule has 1 aliphatic heterocycles. The normalized spacial score (nSPS) is 16.2. The van der Waals surface area contributed by atoms with Crippen molar-refractivity contribution in [3.05, 3.63) is 130 Å². The molecule has 4 aromatic rings. The van der Waals surface area contributed by atoms with E-state index in [1.54, 1.807) is 0 Å². The minimum Gasteiger partial charge on any atom is -0.245 e. The SMILES string of the molecule is Cc1ccc(/C2=N/c3ccccc3/N=C(/c3ccc(C)cc3)c3ccccc32)cc1. The van der Waals surface area contributed by atoms with Gasteiger partial charge in [-0.3, -0.25) is 0 Å². The topological polar surface area (TPSA) is 24.7 Å². The highest BCUT2D eigenvalue weighted by molar-refractivity contribution is 6.25. The Morgan fingerprint density at radius 1 is 0.433 bits per heavy atom. The van der Waals surface area contributed by atoms with E-state index in [0.717, 1.165) is 45.1 Å². The Bertz CT molecular complexity index is 1180. The van der Waals surface area contributed by atoms with Crippen molar-refractivity contribution in [3.8, 4) is 0 Å². The Morgan fingerprint density at radius 3 is 1.20 bits per heavy atom. The van der Waals surface area contributed by atoms with E-state index >= 15 is 0 Å². The highest BCUT2D eigenvalue weighted by atomic mass is 14.9. The first-order chi connectivity index (χ1) is 14.7. The third kappa shape index (κ3) is 3.37. The van der Waals surface area contributed by atoms with E-state index in [1.165, 1.54) is 11.1 Å². The average Bonchev–Trinajstić information content (AvgIpc) is 2.77. The van der Waals surface area contributed by atoms with Crippen LogP contribution in [0.1, 0.15) is 33.4 Å². The lowest BCUT2D eigenvalue weighted by Gasteiger charge is -2.18. The predicted molar refractivity (Wildman–Crippen MR) is 126 cm³/mol. The molecule has 0 fully saturated rings. The smallest absolute Gasteiger partial charge is 0.0894 e. The van der Waals surface area contributed by atoms with E-state index in [-0.39, 0.29) is 0 Å². The Morgan fingerprint density at radius 2 is 0.800 bits per heavy atom. The molecule has 0 aliphatic carbocycles. The van der Waals surface area contributed by atoms with Gasteiger partial charge in [0.2, 0.25) is 0 Å². The molecule has 0 amide bonds. The highest BCUT2D eigenvalue weighted by Crippen LogP contribution is 2.34. The number of aryl methyl sites for hydroxylation is 2. The zero-order valence-electron chi connectivity index (χ0n) is 17.1. The van der Waals surface area contributed by atoms with Gasteiger partial charge < -0.3 is 0 Å². The van der Waals surface area contributed by atoms with Gasteiger partial charge >= 0.3 is 0 Å². The fraction of sp³-hybridized carbons (Fsp3) is 0.0714. The summed E-state index contributed by atoms with van der Waals surface area (Å²) in [6.07, 6.45) is 0. The molecular weight excluding hydrogens is 364 g/mol. The molecule has 2 nitrogen and oxygen atoms in total. The number of rotatable bonds is 2. The molecule has 0 unspecified atom stereocenters. The molecule has 0 spiro atoms. The fourth-order valence-electron chi connectivity index (χ4n) is 3.77. The molecule has 1 aliphatic rings. The van der Waals surface area contributed by atoms with Gasteiger partial charge in [0.1, 0.15) is 0 Å². The summed E-state index contributed by atoms with van der Waals surface area (Å²) in [7, 11) is 0. The van der Waals surface area contributed by atoms with Crippen molar-refractivity contribution >= 4 is 22.8 Å².